The zero-order chi connectivity index (χ0) is 8.97. The van der Waals surface area contributed by atoms with Crippen molar-refractivity contribution in [3.8, 4) is 5.75 Å². The first-order chi connectivity index (χ1) is 5.70. The largest absolute Gasteiger partial charge is 0.424 e. The third-order valence-electron chi connectivity index (χ3n) is 1.16. The predicted molar refractivity (Wildman–Crippen MR) is 46.0 cm³/mol. The summed E-state index contributed by atoms with van der Waals surface area (Å²) in [7, 11) is 0. The Morgan fingerprint density at radius 2 is 2.00 bits per heavy atom. The zero-order valence-corrected chi connectivity index (χ0v) is 7.00. The van der Waals surface area contributed by atoms with Gasteiger partial charge in [0.25, 0.3) is 0 Å². The lowest BCUT2D eigenvalue weighted by atomic mass is 10.3. The van der Waals surface area contributed by atoms with Crippen LogP contribution < -0.4 is 4.74 Å². The molecule has 2 nitrogen and oxygen atoms in total. The Labute approximate surface area is 74.8 Å². The third-order valence-corrected chi connectivity index (χ3v) is 1.37. The molecule has 0 N–H and O–H groups in total. The van der Waals surface area contributed by atoms with Gasteiger partial charge in [0.2, 0.25) is 5.50 Å². The van der Waals surface area contributed by atoms with Crippen molar-refractivity contribution in [2.45, 2.75) is 5.50 Å². The molecule has 1 aromatic rings. The van der Waals surface area contributed by atoms with Gasteiger partial charge in [-0.15, -0.1) is 12.6 Å². The Bertz CT molecular complexity index is 261. The molecule has 1 atom stereocenters. The van der Waals surface area contributed by atoms with E-state index in [1.165, 1.54) is 0 Å². The van der Waals surface area contributed by atoms with Crippen LogP contribution in [-0.2, 0) is 4.79 Å². The molecule has 12 heavy (non-hydrogen) atoms. The van der Waals surface area contributed by atoms with E-state index in [4.69, 9.17) is 0 Å². The van der Waals surface area contributed by atoms with Gasteiger partial charge in [-0.3, -0.25) is 0 Å². The van der Waals surface area contributed by atoms with Gasteiger partial charge in [-0.05, 0) is 12.1 Å². The number of halogens is 1. The molecule has 4 heteroatoms. The highest BCUT2D eigenvalue weighted by Crippen LogP contribution is 2.10. The summed E-state index contributed by atoms with van der Waals surface area (Å²) in [6.45, 7) is 0. The molecule has 0 saturated carbocycles. The highest BCUT2D eigenvalue weighted by molar-refractivity contribution is 7.81. The minimum Gasteiger partial charge on any atom is -0.424 e. The number of hydrogen-bond acceptors (Lipinski definition) is 3. The van der Waals surface area contributed by atoms with Crippen LogP contribution in [0.4, 0.5) is 4.39 Å². The Kier molecular flexibility index (Phi) is 3.10. The standard InChI is InChI=1S/C8H7FO2S/c9-7(12)8(10)11-6-4-2-1-3-5-6/h1-5,7,12H. The summed E-state index contributed by atoms with van der Waals surface area (Å²) in [4.78, 5) is 10.6. The van der Waals surface area contributed by atoms with Crippen molar-refractivity contribution in [1.82, 2.24) is 0 Å². The van der Waals surface area contributed by atoms with E-state index < -0.39 is 11.5 Å². The molecule has 0 spiro atoms. The van der Waals surface area contributed by atoms with Gasteiger partial charge in [-0.25, -0.2) is 9.18 Å². The minimum atomic E-state index is -1.88. The number of ether oxygens (including phenoxy) is 1. The summed E-state index contributed by atoms with van der Waals surface area (Å²) in [6.07, 6.45) is 0. The highest BCUT2D eigenvalue weighted by Gasteiger charge is 2.13. The van der Waals surface area contributed by atoms with E-state index in [1.807, 2.05) is 0 Å². The number of carbonyl (C=O) groups is 1. The van der Waals surface area contributed by atoms with Gasteiger partial charge in [-0.1, -0.05) is 18.2 Å². The number of alkyl halides is 1. The van der Waals surface area contributed by atoms with Crippen molar-refractivity contribution in [3.63, 3.8) is 0 Å². The molecule has 1 rings (SSSR count). The van der Waals surface area contributed by atoms with Crippen molar-refractivity contribution in [2.75, 3.05) is 0 Å². The Morgan fingerprint density at radius 1 is 1.42 bits per heavy atom. The van der Waals surface area contributed by atoms with Crippen LogP contribution in [0.1, 0.15) is 0 Å². The van der Waals surface area contributed by atoms with Crippen LogP contribution in [-0.4, -0.2) is 11.5 Å². The topological polar surface area (TPSA) is 26.3 Å². The van der Waals surface area contributed by atoms with Crippen molar-refractivity contribution < 1.29 is 13.9 Å². The van der Waals surface area contributed by atoms with Gasteiger partial charge in [0.15, 0.2) is 0 Å². The van der Waals surface area contributed by atoms with E-state index in [-0.39, 0.29) is 0 Å². The fraction of sp³-hybridized carbons (Fsp3) is 0.125. The number of thiol groups is 1. The summed E-state index contributed by atoms with van der Waals surface area (Å²) in [6, 6.07) is 8.27. The van der Waals surface area contributed by atoms with Crippen LogP contribution in [0, 0.1) is 0 Å². The van der Waals surface area contributed by atoms with Crippen LogP contribution in [0.15, 0.2) is 30.3 Å². The lowest BCUT2D eigenvalue weighted by Gasteiger charge is -2.02. The number of benzene rings is 1. The summed E-state index contributed by atoms with van der Waals surface area (Å²) in [5, 5.41) is 0. The lowest BCUT2D eigenvalue weighted by Crippen LogP contribution is -2.16. The molecule has 0 aliphatic heterocycles. The first-order valence-corrected chi connectivity index (χ1v) is 3.80. The normalized spacial score (nSPS) is 12.2. The molecule has 0 fully saturated rings. The monoisotopic (exact) mass is 186 g/mol. The lowest BCUT2D eigenvalue weighted by molar-refractivity contribution is -0.136. The first-order valence-electron chi connectivity index (χ1n) is 3.29. The molecular weight excluding hydrogens is 179 g/mol. The highest BCUT2D eigenvalue weighted by atomic mass is 32.1. The molecule has 1 unspecified atom stereocenters. The van der Waals surface area contributed by atoms with Gasteiger partial charge in [0.05, 0.1) is 0 Å². The van der Waals surface area contributed by atoms with Crippen molar-refractivity contribution >= 4 is 18.6 Å². The molecular formula is C8H7FO2S. The quantitative estimate of drug-likeness (QED) is 0.433. The summed E-state index contributed by atoms with van der Waals surface area (Å²) >= 11 is 3.28. The third kappa shape index (κ3) is 2.54. The number of rotatable bonds is 2. The molecule has 1 aromatic carbocycles. The van der Waals surface area contributed by atoms with Crippen LogP contribution in [0.5, 0.6) is 5.75 Å². The fourth-order valence-corrected chi connectivity index (χ4v) is 0.706. The number of esters is 1. The second-order valence-corrected chi connectivity index (χ2v) is 2.52. The van der Waals surface area contributed by atoms with Gasteiger partial charge < -0.3 is 4.74 Å². The van der Waals surface area contributed by atoms with Gasteiger partial charge in [0, 0.05) is 0 Å². The molecule has 0 radical (unpaired) electrons. The second kappa shape index (κ2) is 4.11. The van der Waals surface area contributed by atoms with Gasteiger partial charge in [-0.2, -0.15) is 0 Å². The summed E-state index contributed by atoms with van der Waals surface area (Å²) in [5.41, 5.74) is -1.88. The molecule has 0 heterocycles. The van der Waals surface area contributed by atoms with E-state index in [0.717, 1.165) is 0 Å². The van der Waals surface area contributed by atoms with Crippen LogP contribution in [0.2, 0.25) is 0 Å². The average molecular weight is 186 g/mol. The van der Waals surface area contributed by atoms with E-state index in [1.54, 1.807) is 30.3 Å². The Balaban J connectivity index is 2.59. The maximum Gasteiger partial charge on any atom is 0.356 e. The fourth-order valence-electron chi connectivity index (χ4n) is 0.653. The molecule has 0 amide bonds. The number of hydrogen-bond donors (Lipinski definition) is 1. The Hall–Kier alpha value is -1.03. The maximum atomic E-state index is 12.2. The van der Waals surface area contributed by atoms with E-state index in [0.29, 0.717) is 5.75 Å². The Morgan fingerprint density at radius 3 is 2.50 bits per heavy atom. The number of carbonyl (C=O) groups excluding carboxylic acids is 1. The van der Waals surface area contributed by atoms with E-state index in [2.05, 4.69) is 17.4 Å². The van der Waals surface area contributed by atoms with E-state index >= 15 is 0 Å². The zero-order valence-electron chi connectivity index (χ0n) is 6.11. The minimum absolute atomic E-state index is 0.319. The van der Waals surface area contributed by atoms with Crippen LogP contribution >= 0.6 is 12.6 Å². The molecule has 0 aliphatic carbocycles. The van der Waals surface area contributed by atoms with Gasteiger partial charge in [0.1, 0.15) is 5.75 Å². The van der Waals surface area contributed by atoms with Crippen molar-refractivity contribution in [2.24, 2.45) is 0 Å². The summed E-state index contributed by atoms with van der Waals surface area (Å²) < 4.78 is 16.8. The van der Waals surface area contributed by atoms with Crippen LogP contribution in [0.25, 0.3) is 0 Å². The average Bonchev–Trinajstić information content (AvgIpc) is 2.06. The first kappa shape index (κ1) is 9.06. The molecule has 64 valence electrons. The summed E-state index contributed by atoms with van der Waals surface area (Å²) in [5.74, 6) is -0.677. The van der Waals surface area contributed by atoms with Gasteiger partial charge >= 0.3 is 5.97 Å². The number of para-hydroxylation sites is 1. The molecule has 0 saturated heterocycles. The predicted octanol–water partition coefficient (Wildman–Crippen LogP) is 1.82. The van der Waals surface area contributed by atoms with E-state index in [9.17, 15) is 9.18 Å². The molecule has 0 aliphatic rings. The smallest absolute Gasteiger partial charge is 0.356 e. The maximum absolute atomic E-state index is 12.2. The van der Waals surface area contributed by atoms with Crippen LogP contribution in [0.3, 0.4) is 0 Å². The molecule has 0 bridgehead atoms. The molecule has 0 aromatic heterocycles. The van der Waals surface area contributed by atoms with Crippen molar-refractivity contribution in [1.29, 1.82) is 0 Å². The SMILES string of the molecule is O=C(Oc1ccccc1)C(F)S. The second-order valence-electron chi connectivity index (χ2n) is 2.07. The van der Waals surface area contributed by atoms with Crippen molar-refractivity contribution in [3.05, 3.63) is 30.3 Å².